The number of phenolic OH excluding ortho intramolecular Hbond substituents is 1. The Morgan fingerprint density at radius 1 is 1.03 bits per heavy atom. The van der Waals surface area contributed by atoms with Crippen LogP contribution in [0.15, 0.2) is 60.7 Å². The molecule has 9 nitrogen and oxygen atoms in total. The number of benzene rings is 3. The van der Waals surface area contributed by atoms with Gasteiger partial charge in [0.15, 0.2) is 0 Å². The van der Waals surface area contributed by atoms with Crippen molar-refractivity contribution in [2.45, 2.75) is 19.4 Å². The third kappa shape index (κ3) is 7.45. The lowest BCUT2D eigenvalue weighted by Crippen LogP contribution is -2.26. The molecule has 0 aliphatic heterocycles. The molecule has 0 fully saturated rings. The summed E-state index contributed by atoms with van der Waals surface area (Å²) in [6.07, 6.45) is 0.823. The van der Waals surface area contributed by atoms with Gasteiger partial charge in [-0.05, 0) is 65.1 Å². The fourth-order valence-corrected chi connectivity index (χ4v) is 4.18. The highest BCUT2D eigenvalue weighted by molar-refractivity contribution is 7.92. The van der Waals surface area contributed by atoms with Crippen molar-refractivity contribution in [2.24, 2.45) is 0 Å². The van der Waals surface area contributed by atoms with Crippen molar-refractivity contribution in [1.29, 1.82) is 0 Å². The molecule has 0 aromatic heterocycles. The van der Waals surface area contributed by atoms with Crippen LogP contribution >= 0.6 is 0 Å². The summed E-state index contributed by atoms with van der Waals surface area (Å²) in [6.45, 7) is 3.06. The zero-order chi connectivity index (χ0) is 26.3. The highest BCUT2D eigenvalue weighted by Crippen LogP contribution is 2.29. The minimum atomic E-state index is -3.57. The van der Waals surface area contributed by atoms with Crippen LogP contribution in [-0.4, -0.2) is 55.7 Å². The average molecular weight is 515 g/mol. The number of nitrogens with one attached hydrogen (secondary N) is 2. The van der Waals surface area contributed by atoms with Crippen molar-refractivity contribution in [3.8, 4) is 22.6 Å². The van der Waals surface area contributed by atoms with Gasteiger partial charge < -0.3 is 25.4 Å². The lowest BCUT2D eigenvalue weighted by Gasteiger charge is -2.16. The van der Waals surface area contributed by atoms with E-state index in [1.807, 2.05) is 25.1 Å². The Balaban J connectivity index is 1.53. The van der Waals surface area contributed by atoms with Gasteiger partial charge in [0.05, 0.1) is 23.6 Å². The van der Waals surface area contributed by atoms with E-state index in [9.17, 15) is 23.4 Å². The minimum Gasteiger partial charge on any atom is -0.506 e. The summed E-state index contributed by atoms with van der Waals surface area (Å²) in [7, 11) is -3.57. The molecule has 0 saturated carbocycles. The number of aliphatic hydroxyl groups is 1. The molecule has 1 atom stereocenters. The largest absolute Gasteiger partial charge is 0.506 e. The van der Waals surface area contributed by atoms with Gasteiger partial charge >= 0.3 is 5.97 Å². The number of anilines is 1. The lowest BCUT2D eigenvalue weighted by atomic mass is 10.00. The second-order valence-corrected chi connectivity index (χ2v) is 10.0. The maximum absolute atomic E-state index is 11.4. The average Bonchev–Trinajstić information content (AvgIpc) is 2.84. The van der Waals surface area contributed by atoms with E-state index in [0.717, 1.165) is 35.1 Å². The van der Waals surface area contributed by atoms with Gasteiger partial charge in [-0.15, -0.1) is 0 Å². The Kier molecular flexibility index (Phi) is 8.92. The van der Waals surface area contributed by atoms with Crippen LogP contribution in [0.5, 0.6) is 11.5 Å². The number of sulfonamides is 1. The van der Waals surface area contributed by atoms with Gasteiger partial charge in [-0.25, -0.2) is 13.2 Å². The molecule has 0 aliphatic rings. The van der Waals surface area contributed by atoms with E-state index in [1.165, 1.54) is 18.2 Å². The fraction of sp³-hybridized carbons (Fsp3) is 0.269. The van der Waals surface area contributed by atoms with E-state index in [4.69, 9.17) is 9.84 Å². The molecule has 0 bridgehead atoms. The van der Waals surface area contributed by atoms with Crippen LogP contribution in [0, 0.1) is 0 Å². The molecular formula is C26H30N2O7S. The number of aliphatic hydroxyl groups excluding tert-OH is 1. The Hall–Kier alpha value is -3.60. The number of carbonyl (C=O) groups is 1. The zero-order valence-electron chi connectivity index (χ0n) is 20.1. The van der Waals surface area contributed by atoms with Crippen molar-refractivity contribution >= 4 is 21.7 Å². The minimum absolute atomic E-state index is 0.00533. The Labute approximate surface area is 210 Å². The van der Waals surface area contributed by atoms with Crippen LogP contribution in [0.25, 0.3) is 11.1 Å². The number of hydrogen-bond acceptors (Lipinski definition) is 7. The van der Waals surface area contributed by atoms with Crippen LogP contribution in [0.3, 0.4) is 0 Å². The van der Waals surface area contributed by atoms with Gasteiger partial charge in [0.25, 0.3) is 0 Å². The van der Waals surface area contributed by atoms with Crippen molar-refractivity contribution in [2.75, 3.05) is 30.7 Å². The summed E-state index contributed by atoms with van der Waals surface area (Å²) in [6, 6.07) is 16.8. The summed E-state index contributed by atoms with van der Waals surface area (Å²) >= 11 is 0. The van der Waals surface area contributed by atoms with E-state index in [-0.39, 0.29) is 23.5 Å². The van der Waals surface area contributed by atoms with Crippen LogP contribution in [0.2, 0.25) is 0 Å². The van der Waals surface area contributed by atoms with Gasteiger partial charge in [0, 0.05) is 13.1 Å². The predicted octanol–water partition coefficient (Wildman–Crippen LogP) is 3.39. The maximum atomic E-state index is 11.4. The monoisotopic (exact) mass is 514 g/mol. The zero-order valence-corrected chi connectivity index (χ0v) is 20.9. The molecule has 0 amide bonds. The predicted molar refractivity (Wildman–Crippen MR) is 138 cm³/mol. The number of phenols is 1. The first kappa shape index (κ1) is 27.0. The molecule has 192 valence electrons. The molecular weight excluding hydrogens is 484 g/mol. The molecule has 0 unspecified atom stereocenters. The number of carboxylic acids is 1. The number of ether oxygens (including phenoxy) is 1. The van der Waals surface area contributed by atoms with Gasteiger partial charge in [-0.2, -0.15) is 0 Å². The molecule has 36 heavy (non-hydrogen) atoms. The van der Waals surface area contributed by atoms with E-state index >= 15 is 0 Å². The van der Waals surface area contributed by atoms with Crippen LogP contribution in [0.4, 0.5) is 5.69 Å². The first-order valence-corrected chi connectivity index (χ1v) is 13.3. The van der Waals surface area contributed by atoms with E-state index in [2.05, 4.69) is 10.0 Å². The number of aromatic carboxylic acids is 1. The van der Waals surface area contributed by atoms with Crippen molar-refractivity contribution in [3.63, 3.8) is 0 Å². The third-order valence-electron chi connectivity index (χ3n) is 5.48. The quantitative estimate of drug-likeness (QED) is 0.183. The van der Waals surface area contributed by atoms with E-state index in [0.29, 0.717) is 18.7 Å². The number of rotatable bonds is 12. The third-order valence-corrected chi connectivity index (χ3v) is 6.07. The summed E-state index contributed by atoms with van der Waals surface area (Å²) in [4.78, 5) is 11.1. The summed E-state index contributed by atoms with van der Waals surface area (Å²) in [5.41, 5.74) is 3.60. The standard InChI is InChI=1S/C26H30N2O7S/c1-3-17-14-20(18-4-6-19(7-5-18)26(31)32)9-11-25(17)35-13-12-27-16-24(30)21-8-10-23(29)22(15-21)28-36(2,33)34/h4-11,14-15,24,27-30H,3,12-13,16H2,1-2H3,(H,31,32)/t24-/m0/s1. The molecule has 3 rings (SSSR count). The van der Waals surface area contributed by atoms with Crippen molar-refractivity contribution < 1.29 is 33.3 Å². The van der Waals surface area contributed by atoms with Crippen LogP contribution in [0.1, 0.15) is 34.5 Å². The first-order valence-electron chi connectivity index (χ1n) is 11.4. The highest BCUT2D eigenvalue weighted by atomic mass is 32.2. The summed E-state index contributed by atoms with van der Waals surface area (Å²) < 4.78 is 31.0. The van der Waals surface area contributed by atoms with Crippen molar-refractivity contribution in [3.05, 3.63) is 77.4 Å². The molecule has 0 spiro atoms. The molecule has 3 aromatic carbocycles. The smallest absolute Gasteiger partial charge is 0.335 e. The number of carboxylic acid groups (broad SMARTS) is 1. The highest BCUT2D eigenvalue weighted by Gasteiger charge is 2.13. The Morgan fingerprint density at radius 2 is 1.72 bits per heavy atom. The van der Waals surface area contributed by atoms with E-state index in [1.54, 1.807) is 24.3 Å². The summed E-state index contributed by atoms with van der Waals surface area (Å²) in [5, 5.41) is 32.4. The SMILES string of the molecule is CCc1cc(-c2ccc(C(=O)O)cc2)ccc1OCCNC[C@H](O)c1ccc(O)c(NS(C)(=O)=O)c1. The Bertz CT molecular complexity index is 1310. The molecule has 0 radical (unpaired) electrons. The second-order valence-electron chi connectivity index (χ2n) is 8.28. The van der Waals surface area contributed by atoms with Crippen molar-refractivity contribution in [1.82, 2.24) is 5.32 Å². The maximum Gasteiger partial charge on any atom is 0.335 e. The van der Waals surface area contributed by atoms with Crippen LogP contribution in [-0.2, 0) is 16.4 Å². The fourth-order valence-electron chi connectivity index (χ4n) is 3.61. The Morgan fingerprint density at radius 3 is 2.36 bits per heavy atom. The summed E-state index contributed by atoms with van der Waals surface area (Å²) in [5.74, 6) is -0.439. The van der Waals surface area contributed by atoms with Gasteiger partial charge in [0.1, 0.15) is 18.1 Å². The molecule has 0 saturated heterocycles. The van der Waals surface area contributed by atoms with Gasteiger partial charge in [-0.3, -0.25) is 4.72 Å². The lowest BCUT2D eigenvalue weighted by molar-refractivity contribution is 0.0697. The normalized spacial score (nSPS) is 12.2. The van der Waals surface area contributed by atoms with Gasteiger partial charge in [-0.1, -0.05) is 31.2 Å². The molecule has 0 aliphatic carbocycles. The van der Waals surface area contributed by atoms with Gasteiger partial charge in [0.2, 0.25) is 10.0 Å². The van der Waals surface area contributed by atoms with Crippen LogP contribution < -0.4 is 14.8 Å². The molecule has 3 aromatic rings. The number of aryl methyl sites for hydroxylation is 1. The number of hydrogen-bond donors (Lipinski definition) is 5. The number of aromatic hydroxyl groups is 1. The topological polar surface area (TPSA) is 145 Å². The molecule has 10 heteroatoms. The second kappa shape index (κ2) is 11.9. The molecule has 5 N–H and O–H groups in total. The molecule has 0 heterocycles. The van der Waals surface area contributed by atoms with E-state index < -0.39 is 22.1 Å². The first-order chi connectivity index (χ1) is 17.1.